The van der Waals surface area contributed by atoms with Crippen molar-refractivity contribution in [1.82, 2.24) is 10.2 Å². The maximum atomic E-state index is 14.1. The number of hydrogen-bond acceptors (Lipinski definition) is 6. The molecule has 2 aromatic carbocycles. The summed E-state index contributed by atoms with van der Waals surface area (Å²) in [7, 11) is 1.41. The Bertz CT molecular complexity index is 1340. The highest BCUT2D eigenvalue weighted by molar-refractivity contribution is 5.84. The smallest absolute Gasteiger partial charge is 0.416 e. The van der Waals surface area contributed by atoms with Gasteiger partial charge < -0.3 is 19.5 Å². The lowest BCUT2D eigenvalue weighted by atomic mass is 9.72. The highest BCUT2D eigenvalue weighted by atomic mass is 19.4. The van der Waals surface area contributed by atoms with Gasteiger partial charge in [0.25, 0.3) is 0 Å². The normalized spacial score (nSPS) is 20.9. The van der Waals surface area contributed by atoms with Gasteiger partial charge in [-0.25, -0.2) is 9.59 Å². The minimum absolute atomic E-state index is 0.0151. The van der Waals surface area contributed by atoms with Crippen molar-refractivity contribution in [2.75, 3.05) is 7.11 Å². The number of halogens is 3. The fourth-order valence-corrected chi connectivity index (χ4v) is 6.24. The highest BCUT2D eigenvalue weighted by Gasteiger charge is 2.59. The number of alkyl halides is 3. The first-order valence-corrected chi connectivity index (χ1v) is 15.5. The molecule has 0 radical (unpaired) electrons. The van der Waals surface area contributed by atoms with E-state index in [4.69, 9.17) is 14.2 Å². The maximum absolute atomic E-state index is 14.1. The Morgan fingerprint density at radius 1 is 0.956 bits per heavy atom. The van der Waals surface area contributed by atoms with Crippen LogP contribution in [-0.2, 0) is 27.0 Å². The monoisotopic (exact) mass is 634 g/mol. The summed E-state index contributed by atoms with van der Waals surface area (Å²) in [6.07, 6.45) is -5.67. The van der Waals surface area contributed by atoms with Crippen LogP contribution in [0.1, 0.15) is 103 Å². The van der Waals surface area contributed by atoms with Crippen molar-refractivity contribution >= 4 is 12.1 Å². The van der Waals surface area contributed by atoms with Gasteiger partial charge in [-0.15, -0.1) is 0 Å². The van der Waals surface area contributed by atoms with Crippen LogP contribution < -0.4 is 10.1 Å². The standard InChI is InChI=1S/C35H49F3N2O5/c1-20(2)24-14-12-13-15-25(24)29-28(39-19-22-18-23(35(36,37)38)16-17-26(22)43-11)27(33(5,6)7)30(31(41)45-34(8,9)10)40(29)32(42)44-21(3)4/h12-18,20-21,27-30,39H,19H2,1-11H3/t27-,28-,29-,30-/m0/s1. The van der Waals surface area contributed by atoms with E-state index >= 15 is 0 Å². The lowest BCUT2D eigenvalue weighted by molar-refractivity contribution is -0.163. The molecule has 1 N–H and O–H groups in total. The van der Waals surface area contributed by atoms with E-state index in [0.29, 0.717) is 11.3 Å². The van der Waals surface area contributed by atoms with Gasteiger partial charge in [-0.3, -0.25) is 4.90 Å². The van der Waals surface area contributed by atoms with E-state index in [0.717, 1.165) is 23.3 Å². The average Bonchev–Trinajstić information content (AvgIpc) is 3.26. The molecule has 3 rings (SSSR count). The van der Waals surface area contributed by atoms with Crippen LogP contribution >= 0.6 is 0 Å². The summed E-state index contributed by atoms with van der Waals surface area (Å²) >= 11 is 0. The Labute approximate surface area is 265 Å². The van der Waals surface area contributed by atoms with Crippen LogP contribution in [0.2, 0.25) is 0 Å². The molecule has 45 heavy (non-hydrogen) atoms. The fraction of sp³-hybridized carbons (Fsp3) is 0.600. The predicted octanol–water partition coefficient (Wildman–Crippen LogP) is 8.27. The lowest BCUT2D eigenvalue weighted by Gasteiger charge is -2.37. The zero-order chi connectivity index (χ0) is 34.1. The molecule has 0 aromatic heterocycles. The van der Waals surface area contributed by atoms with Crippen molar-refractivity contribution < 1.29 is 37.0 Å². The minimum Gasteiger partial charge on any atom is -0.496 e. The zero-order valence-corrected chi connectivity index (χ0v) is 28.3. The van der Waals surface area contributed by atoms with Crippen molar-refractivity contribution in [1.29, 1.82) is 0 Å². The number of likely N-dealkylation sites (tertiary alicyclic amines) is 1. The molecule has 0 bridgehead atoms. The molecule has 1 aliphatic rings. The summed E-state index contributed by atoms with van der Waals surface area (Å²) in [6.45, 7) is 18.8. The summed E-state index contributed by atoms with van der Waals surface area (Å²) in [4.78, 5) is 29.7. The van der Waals surface area contributed by atoms with Gasteiger partial charge in [0, 0.05) is 24.1 Å². The average molecular weight is 635 g/mol. The first kappa shape index (κ1) is 36.2. The molecule has 10 heteroatoms. The van der Waals surface area contributed by atoms with E-state index in [1.54, 1.807) is 34.6 Å². The number of rotatable bonds is 8. The number of methoxy groups -OCH3 is 1. The first-order chi connectivity index (χ1) is 20.7. The van der Waals surface area contributed by atoms with E-state index in [9.17, 15) is 22.8 Å². The van der Waals surface area contributed by atoms with E-state index < -0.39 is 65.0 Å². The third kappa shape index (κ3) is 8.51. The van der Waals surface area contributed by atoms with E-state index in [-0.39, 0.29) is 12.5 Å². The van der Waals surface area contributed by atoms with Gasteiger partial charge in [0.15, 0.2) is 0 Å². The fourth-order valence-electron chi connectivity index (χ4n) is 6.24. The van der Waals surface area contributed by atoms with E-state index in [1.165, 1.54) is 18.1 Å². The van der Waals surface area contributed by atoms with Crippen molar-refractivity contribution in [3.05, 3.63) is 64.7 Å². The number of benzene rings is 2. The second-order valence-electron chi connectivity index (χ2n) is 14.4. The maximum Gasteiger partial charge on any atom is 0.416 e. The van der Waals surface area contributed by atoms with Crippen LogP contribution in [0.25, 0.3) is 0 Å². The molecule has 0 unspecified atom stereocenters. The minimum atomic E-state index is -4.54. The molecule has 1 amide bonds. The molecule has 1 saturated heterocycles. The molecule has 2 aromatic rings. The SMILES string of the molecule is COc1ccc(C(F)(F)F)cc1CN[C@H]1[C@H](C(C)(C)C)[C@@H](C(=O)OC(C)(C)C)N(C(=O)OC(C)C)[C@H]1c1ccccc1C(C)C. The summed E-state index contributed by atoms with van der Waals surface area (Å²) < 4.78 is 58.3. The number of ether oxygens (including phenoxy) is 3. The molecule has 0 spiro atoms. The Balaban J connectivity index is 2.30. The van der Waals surface area contributed by atoms with Gasteiger partial charge in [0.2, 0.25) is 0 Å². The van der Waals surface area contributed by atoms with Crippen molar-refractivity contribution in [2.45, 2.75) is 118 Å². The van der Waals surface area contributed by atoms with Crippen LogP contribution in [0.5, 0.6) is 5.75 Å². The molecular weight excluding hydrogens is 585 g/mol. The molecular formula is C35H49F3N2O5. The van der Waals surface area contributed by atoms with Gasteiger partial charge in [-0.1, -0.05) is 58.9 Å². The quantitative estimate of drug-likeness (QED) is 0.295. The molecule has 1 fully saturated rings. The molecule has 4 atom stereocenters. The molecule has 1 heterocycles. The Kier molecular flexibility index (Phi) is 10.9. The largest absolute Gasteiger partial charge is 0.496 e. The third-order valence-electron chi connectivity index (χ3n) is 7.93. The Morgan fingerprint density at radius 3 is 2.09 bits per heavy atom. The number of hydrogen-bond donors (Lipinski definition) is 1. The topological polar surface area (TPSA) is 77.1 Å². The van der Waals surface area contributed by atoms with Crippen molar-refractivity contribution in [3.63, 3.8) is 0 Å². The summed E-state index contributed by atoms with van der Waals surface area (Å²) in [5, 5.41) is 3.50. The van der Waals surface area contributed by atoms with Gasteiger partial charge in [0.05, 0.1) is 24.8 Å². The Hall–Kier alpha value is -3.27. The van der Waals surface area contributed by atoms with Crippen LogP contribution in [0.4, 0.5) is 18.0 Å². The molecule has 0 aliphatic carbocycles. The highest BCUT2D eigenvalue weighted by Crippen LogP contribution is 2.50. The number of carbonyl (C=O) groups is 2. The van der Waals surface area contributed by atoms with Crippen LogP contribution in [0.3, 0.4) is 0 Å². The molecule has 250 valence electrons. The number of nitrogens with zero attached hydrogens (tertiary/aromatic N) is 1. The first-order valence-electron chi connectivity index (χ1n) is 15.5. The predicted molar refractivity (Wildman–Crippen MR) is 168 cm³/mol. The van der Waals surface area contributed by atoms with Gasteiger partial charge in [0.1, 0.15) is 17.4 Å². The Morgan fingerprint density at radius 2 is 1.58 bits per heavy atom. The lowest BCUT2D eigenvalue weighted by Crippen LogP contribution is -2.50. The number of nitrogens with one attached hydrogen (secondary N) is 1. The molecule has 1 aliphatic heterocycles. The van der Waals surface area contributed by atoms with Gasteiger partial charge in [-0.05, 0) is 75.3 Å². The van der Waals surface area contributed by atoms with Crippen LogP contribution in [-0.4, -0.2) is 47.9 Å². The van der Waals surface area contributed by atoms with Gasteiger partial charge in [-0.2, -0.15) is 13.2 Å². The van der Waals surface area contributed by atoms with E-state index in [1.807, 2.05) is 58.9 Å². The summed E-state index contributed by atoms with van der Waals surface area (Å²) in [5.41, 5.74) is -0.111. The summed E-state index contributed by atoms with van der Waals surface area (Å²) in [5.74, 6) is -0.744. The van der Waals surface area contributed by atoms with Crippen LogP contribution in [0, 0.1) is 11.3 Å². The number of amides is 1. The van der Waals surface area contributed by atoms with Crippen LogP contribution in [0.15, 0.2) is 42.5 Å². The zero-order valence-electron chi connectivity index (χ0n) is 28.3. The number of carbonyl (C=O) groups excluding carboxylic acids is 2. The van der Waals surface area contributed by atoms with E-state index in [2.05, 4.69) is 5.32 Å². The number of esters is 1. The third-order valence-corrected chi connectivity index (χ3v) is 7.93. The second kappa shape index (κ2) is 13.6. The van der Waals surface area contributed by atoms with Gasteiger partial charge >= 0.3 is 18.2 Å². The molecule has 0 saturated carbocycles. The summed E-state index contributed by atoms with van der Waals surface area (Å²) in [6, 6.07) is 8.73. The van der Waals surface area contributed by atoms with Crippen molar-refractivity contribution in [3.8, 4) is 5.75 Å². The van der Waals surface area contributed by atoms with Crippen molar-refractivity contribution in [2.24, 2.45) is 11.3 Å². The second-order valence-corrected chi connectivity index (χ2v) is 14.4. The molecule has 7 nitrogen and oxygen atoms in total.